The van der Waals surface area contributed by atoms with Gasteiger partial charge in [-0.3, -0.25) is 9.59 Å². The summed E-state index contributed by atoms with van der Waals surface area (Å²) < 4.78 is 14.3. The molecule has 2 aromatic carbocycles. The van der Waals surface area contributed by atoms with Gasteiger partial charge in [0.15, 0.2) is 0 Å². The minimum Gasteiger partial charge on any atom is -0.350 e. The van der Waals surface area contributed by atoms with Gasteiger partial charge in [-0.2, -0.15) is 5.26 Å². The van der Waals surface area contributed by atoms with Gasteiger partial charge in [0.2, 0.25) is 0 Å². The summed E-state index contributed by atoms with van der Waals surface area (Å²) in [6.07, 6.45) is 0. The molecule has 25 heavy (non-hydrogen) atoms. The summed E-state index contributed by atoms with van der Waals surface area (Å²) in [5, 5.41) is 19.2. The third-order valence-electron chi connectivity index (χ3n) is 3.55. The van der Waals surface area contributed by atoms with Crippen molar-refractivity contribution in [2.45, 2.75) is 6.54 Å². The maximum Gasteiger partial charge on any atom is 0.277 e. The lowest BCUT2D eigenvalue weighted by molar-refractivity contribution is 0.0951. The summed E-state index contributed by atoms with van der Waals surface area (Å²) in [4.78, 5) is 24.3. The number of aromatic nitrogens is 3. The number of amides is 1. The molecule has 0 radical (unpaired) electrons. The monoisotopic (exact) mass is 337 g/mol. The van der Waals surface area contributed by atoms with Crippen LogP contribution in [-0.4, -0.2) is 27.4 Å². The molecule has 8 heteroatoms. The fourth-order valence-corrected chi connectivity index (χ4v) is 2.30. The molecule has 0 aliphatic heterocycles. The van der Waals surface area contributed by atoms with E-state index in [2.05, 4.69) is 15.6 Å². The molecule has 124 valence electrons. The number of rotatable bonds is 4. The number of nitrogens with zero attached hydrogens (tertiary/aromatic N) is 4. The van der Waals surface area contributed by atoms with E-state index in [0.717, 1.165) is 10.7 Å². The van der Waals surface area contributed by atoms with Gasteiger partial charge in [-0.25, -0.2) is 9.07 Å². The van der Waals surface area contributed by atoms with Gasteiger partial charge in [-0.1, -0.05) is 11.3 Å². The van der Waals surface area contributed by atoms with Crippen LogP contribution >= 0.6 is 0 Å². The van der Waals surface area contributed by atoms with Gasteiger partial charge in [0.25, 0.3) is 11.5 Å². The summed E-state index contributed by atoms with van der Waals surface area (Å²) in [5.74, 6) is -0.903. The van der Waals surface area contributed by atoms with E-state index in [-0.39, 0.29) is 24.4 Å². The quantitative estimate of drug-likeness (QED) is 0.772. The van der Waals surface area contributed by atoms with E-state index in [0.29, 0.717) is 16.6 Å². The number of hydrogen-bond acceptors (Lipinski definition) is 5. The van der Waals surface area contributed by atoms with Crippen LogP contribution in [-0.2, 0) is 6.54 Å². The molecule has 0 saturated carbocycles. The van der Waals surface area contributed by atoms with Gasteiger partial charge in [0.05, 0.1) is 23.6 Å². The van der Waals surface area contributed by atoms with Crippen molar-refractivity contribution in [1.82, 2.24) is 20.3 Å². The van der Waals surface area contributed by atoms with Crippen molar-refractivity contribution in [1.29, 1.82) is 5.26 Å². The van der Waals surface area contributed by atoms with Crippen LogP contribution in [0.25, 0.3) is 10.9 Å². The van der Waals surface area contributed by atoms with Gasteiger partial charge in [-0.05, 0) is 36.4 Å². The number of carbonyl (C=O) groups is 1. The Labute approximate surface area is 141 Å². The highest BCUT2D eigenvalue weighted by Crippen LogP contribution is 2.07. The lowest BCUT2D eigenvalue weighted by Crippen LogP contribution is -2.32. The molecule has 1 aromatic heterocycles. The third kappa shape index (κ3) is 3.50. The van der Waals surface area contributed by atoms with Gasteiger partial charge in [-0.15, -0.1) is 5.10 Å². The zero-order valence-corrected chi connectivity index (χ0v) is 12.9. The summed E-state index contributed by atoms with van der Waals surface area (Å²) in [7, 11) is 0. The minimum atomic E-state index is -0.533. The number of fused-ring (bicyclic) bond motifs is 1. The number of hydrogen-bond donors (Lipinski definition) is 1. The van der Waals surface area contributed by atoms with Crippen molar-refractivity contribution in [3.05, 3.63) is 69.8 Å². The Morgan fingerprint density at radius 2 is 2.12 bits per heavy atom. The summed E-state index contributed by atoms with van der Waals surface area (Å²) in [6.45, 7) is 0.215. The Morgan fingerprint density at radius 3 is 2.92 bits per heavy atom. The predicted molar refractivity (Wildman–Crippen MR) is 87.2 cm³/mol. The first-order chi connectivity index (χ1) is 12.1. The van der Waals surface area contributed by atoms with Gasteiger partial charge < -0.3 is 5.32 Å². The molecule has 0 unspecified atom stereocenters. The van der Waals surface area contributed by atoms with Crippen molar-refractivity contribution in [3.63, 3.8) is 0 Å². The highest BCUT2D eigenvalue weighted by atomic mass is 19.1. The normalized spacial score (nSPS) is 10.4. The smallest absolute Gasteiger partial charge is 0.277 e. The molecule has 0 aliphatic rings. The van der Waals surface area contributed by atoms with Crippen molar-refractivity contribution < 1.29 is 9.18 Å². The minimum absolute atomic E-state index is 0.0853. The third-order valence-corrected chi connectivity index (χ3v) is 3.55. The van der Waals surface area contributed by atoms with Crippen LogP contribution < -0.4 is 10.9 Å². The van der Waals surface area contributed by atoms with Gasteiger partial charge in [0.1, 0.15) is 11.3 Å². The highest BCUT2D eigenvalue weighted by Gasteiger charge is 2.09. The number of nitriles is 1. The fourth-order valence-electron chi connectivity index (χ4n) is 2.30. The molecular formula is C17H12FN5O2. The van der Waals surface area contributed by atoms with E-state index >= 15 is 0 Å². The molecule has 1 heterocycles. The molecule has 0 fully saturated rings. The van der Waals surface area contributed by atoms with Crippen LogP contribution in [0.1, 0.15) is 15.9 Å². The first-order valence-electron chi connectivity index (χ1n) is 7.40. The van der Waals surface area contributed by atoms with Crippen molar-refractivity contribution >= 4 is 16.8 Å². The average Bonchev–Trinajstić information content (AvgIpc) is 2.64. The standard InChI is InChI=1S/C17H12FN5O2/c18-13-4-5-15-14(9-13)17(25)23(22-21-15)7-6-20-16(24)12-3-1-2-11(8-12)10-19/h1-5,8-9H,6-7H2,(H,20,24). The lowest BCUT2D eigenvalue weighted by Gasteiger charge is -2.07. The number of halogens is 1. The Kier molecular flexibility index (Phi) is 4.48. The second-order valence-electron chi connectivity index (χ2n) is 5.23. The maximum absolute atomic E-state index is 13.3. The SMILES string of the molecule is N#Cc1cccc(C(=O)NCCn2nnc3ccc(F)cc3c2=O)c1. The molecule has 0 aliphatic carbocycles. The molecule has 0 spiro atoms. The Morgan fingerprint density at radius 1 is 1.28 bits per heavy atom. The summed E-state index contributed by atoms with van der Waals surface area (Å²) in [5.41, 5.74) is 0.551. The second-order valence-corrected chi connectivity index (χ2v) is 5.23. The molecule has 1 N–H and O–H groups in total. The zero-order chi connectivity index (χ0) is 17.8. The largest absolute Gasteiger partial charge is 0.350 e. The van der Waals surface area contributed by atoms with E-state index in [1.54, 1.807) is 18.2 Å². The average molecular weight is 337 g/mol. The van der Waals surface area contributed by atoms with Crippen molar-refractivity contribution in [2.75, 3.05) is 6.54 Å². The first kappa shape index (κ1) is 16.3. The topological polar surface area (TPSA) is 101 Å². The number of nitrogens with one attached hydrogen (secondary N) is 1. The van der Waals surface area contributed by atoms with E-state index in [1.165, 1.54) is 18.2 Å². The van der Waals surface area contributed by atoms with E-state index in [9.17, 15) is 14.0 Å². The Hall–Kier alpha value is -3.60. The second kappa shape index (κ2) is 6.88. The van der Waals surface area contributed by atoms with Crippen molar-refractivity contribution in [2.24, 2.45) is 0 Å². The highest BCUT2D eigenvalue weighted by molar-refractivity contribution is 5.94. The molecule has 3 aromatic rings. The van der Waals surface area contributed by atoms with Crippen LogP contribution in [0, 0.1) is 17.1 Å². The van der Waals surface area contributed by atoms with Crippen LogP contribution in [0.5, 0.6) is 0 Å². The fraction of sp³-hybridized carbons (Fsp3) is 0.118. The van der Waals surface area contributed by atoms with Crippen LogP contribution in [0.2, 0.25) is 0 Å². The molecule has 0 atom stereocenters. The molecule has 0 saturated heterocycles. The summed E-state index contributed by atoms with van der Waals surface area (Å²) in [6, 6.07) is 11.9. The maximum atomic E-state index is 13.3. The molecule has 1 amide bonds. The lowest BCUT2D eigenvalue weighted by atomic mass is 10.1. The Balaban J connectivity index is 1.71. The summed E-state index contributed by atoms with van der Waals surface area (Å²) >= 11 is 0. The van der Waals surface area contributed by atoms with Crippen molar-refractivity contribution in [3.8, 4) is 6.07 Å². The van der Waals surface area contributed by atoms with Crippen LogP contribution in [0.4, 0.5) is 4.39 Å². The molecule has 3 rings (SSSR count). The predicted octanol–water partition coefficient (Wildman–Crippen LogP) is 1.23. The van der Waals surface area contributed by atoms with Gasteiger partial charge >= 0.3 is 0 Å². The first-order valence-corrected chi connectivity index (χ1v) is 7.40. The van der Waals surface area contributed by atoms with E-state index in [1.807, 2.05) is 6.07 Å². The van der Waals surface area contributed by atoms with E-state index in [4.69, 9.17) is 5.26 Å². The zero-order valence-electron chi connectivity index (χ0n) is 12.9. The van der Waals surface area contributed by atoms with Crippen LogP contribution in [0.15, 0.2) is 47.3 Å². The molecule has 0 bridgehead atoms. The number of carbonyl (C=O) groups excluding carboxylic acids is 1. The number of benzene rings is 2. The van der Waals surface area contributed by atoms with Gasteiger partial charge in [0, 0.05) is 12.1 Å². The molecular weight excluding hydrogens is 325 g/mol. The van der Waals surface area contributed by atoms with Crippen LogP contribution in [0.3, 0.4) is 0 Å². The Bertz CT molecular complexity index is 1050. The molecule has 7 nitrogen and oxygen atoms in total. The van der Waals surface area contributed by atoms with E-state index < -0.39 is 11.4 Å².